The van der Waals surface area contributed by atoms with Gasteiger partial charge in [-0.3, -0.25) is 0 Å². The molecule has 58 valence electrons. The highest BCUT2D eigenvalue weighted by atomic mass is 16.5. The van der Waals surface area contributed by atoms with Crippen LogP contribution >= 0.6 is 0 Å². The molecular weight excluding hydrogens is 126 g/mol. The van der Waals surface area contributed by atoms with Crippen molar-refractivity contribution in [2.75, 3.05) is 6.61 Å². The molecule has 0 unspecified atom stereocenters. The van der Waals surface area contributed by atoms with Crippen LogP contribution in [0.3, 0.4) is 0 Å². The summed E-state index contributed by atoms with van der Waals surface area (Å²) in [6.07, 6.45) is 6.64. The Balaban J connectivity index is 1.54. The highest BCUT2D eigenvalue weighted by molar-refractivity contribution is 4.98. The minimum Gasteiger partial charge on any atom is -0.378 e. The van der Waals surface area contributed by atoms with Gasteiger partial charge in [0.15, 0.2) is 0 Å². The second-order valence-electron chi connectivity index (χ2n) is 3.68. The minimum absolute atomic E-state index is 0.189. The van der Waals surface area contributed by atoms with Crippen LogP contribution in [0.15, 0.2) is 0 Å². The lowest BCUT2D eigenvalue weighted by molar-refractivity contribution is 0.111. The zero-order valence-electron chi connectivity index (χ0n) is 6.31. The smallest absolute Gasteiger partial charge is 0.0577 e. The third-order valence-electron chi connectivity index (χ3n) is 2.37. The third-order valence-corrected chi connectivity index (χ3v) is 2.37. The van der Waals surface area contributed by atoms with Crippen molar-refractivity contribution in [3.05, 3.63) is 0 Å². The molecule has 2 saturated carbocycles. The van der Waals surface area contributed by atoms with Crippen molar-refractivity contribution in [1.82, 2.24) is 0 Å². The summed E-state index contributed by atoms with van der Waals surface area (Å²) in [6.45, 7) is 0.890. The summed E-state index contributed by atoms with van der Waals surface area (Å²) in [6, 6.07) is 0. The van der Waals surface area contributed by atoms with E-state index in [0.29, 0.717) is 6.10 Å². The van der Waals surface area contributed by atoms with E-state index in [1.807, 2.05) is 0 Å². The number of ether oxygens (including phenoxy) is 1. The maximum Gasteiger partial charge on any atom is 0.0577 e. The van der Waals surface area contributed by atoms with Crippen LogP contribution in [-0.2, 0) is 4.74 Å². The van der Waals surface area contributed by atoms with Crippen LogP contribution in [0.2, 0.25) is 0 Å². The summed E-state index contributed by atoms with van der Waals surface area (Å²) in [5.74, 6) is 0. The van der Waals surface area contributed by atoms with E-state index < -0.39 is 0 Å². The number of nitrogens with two attached hydrogens (primary N) is 1. The van der Waals surface area contributed by atoms with Crippen LogP contribution < -0.4 is 5.73 Å². The highest BCUT2D eigenvalue weighted by Gasteiger charge is 2.37. The first-order chi connectivity index (χ1) is 4.79. The summed E-state index contributed by atoms with van der Waals surface area (Å²) in [4.78, 5) is 0. The molecule has 0 aromatic heterocycles. The predicted octanol–water partition coefficient (Wildman–Crippen LogP) is 1.05. The van der Waals surface area contributed by atoms with Crippen molar-refractivity contribution in [3.63, 3.8) is 0 Å². The molecule has 2 fully saturated rings. The first-order valence-corrected chi connectivity index (χ1v) is 4.19. The maximum absolute atomic E-state index is 5.87. The lowest BCUT2D eigenvalue weighted by Gasteiger charge is -2.07. The maximum atomic E-state index is 5.87. The van der Waals surface area contributed by atoms with Crippen molar-refractivity contribution in [2.45, 2.75) is 43.7 Å². The van der Waals surface area contributed by atoms with Crippen LogP contribution in [0.25, 0.3) is 0 Å². The Morgan fingerprint density at radius 1 is 1.40 bits per heavy atom. The van der Waals surface area contributed by atoms with Crippen LogP contribution in [-0.4, -0.2) is 18.2 Å². The third kappa shape index (κ3) is 1.70. The fourth-order valence-corrected chi connectivity index (χ4v) is 1.07. The number of hydrogen-bond acceptors (Lipinski definition) is 2. The van der Waals surface area contributed by atoms with Gasteiger partial charge in [0.2, 0.25) is 0 Å². The highest BCUT2D eigenvalue weighted by Crippen LogP contribution is 2.36. The first kappa shape index (κ1) is 6.62. The molecule has 0 aromatic carbocycles. The molecule has 2 N–H and O–H groups in total. The molecule has 10 heavy (non-hydrogen) atoms. The van der Waals surface area contributed by atoms with Gasteiger partial charge in [0.25, 0.3) is 0 Å². The van der Waals surface area contributed by atoms with Gasteiger partial charge in [-0.2, -0.15) is 0 Å². The van der Waals surface area contributed by atoms with Crippen LogP contribution in [0.4, 0.5) is 0 Å². The van der Waals surface area contributed by atoms with Crippen LogP contribution in [0.5, 0.6) is 0 Å². The Bertz CT molecular complexity index is 127. The number of hydrogen-bond donors (Lipinski definition) is 1. The van der Waals surface area contributed by atoms with Crippen molar-refractivity contribution in [2.24, 2.45) is 5.73 Å². The Labute approximate surface area is 61.7 Å². The molecule has 0 saturated heterocycles. The Morgan fingerprint density at radius 2 is 2.10 bits per heavy atom. The van der Waals surface area contributed by atoms with Crippen molar-refractivity contribution < 1.29 is 4.74 Å². The Hall–Kier alpha value is -0.0800. The van der Waals surface area contributed by atoms with Gasteiger partial charge in [0.1, 0.15) is 0 Å². The molecule has 0 amide bonds. The summed E-state index contributed by atoms with van der Waals surface area (Å²) in [5, 5.41) is 0. The molecule has 0 radical (unpaired) electrons. The first-order valence-electron chi connectivity index (χ1n) is 4.19. The standard InChI is InChI=1S/C8H15NO/c9-8(3-4-8)5-6-10-7-1-2-7/h7H,1-6,9H2. The fourth-order valence-electron chi connectivity index (χ4n) is 1.07. The summed E-state index contributed by atoms with van der Waals surface area (Å²) < 4.78 is 5.49. The molecule has 2 aliphatic rings. The minimum atomic E-state index is 0.189. The zero-order valence-corrected chi connectivity index (χ0v) is 6.31. The zero-order chi connectivity index (χ0) is 7.03. The molecule has 0 bridgehead atoms. The SMILES string of the molecule is NC1(CCOC2CC2)CC1. The summed E-state index contributed by atoms with van der Waals surface area (Å²) in [5.41, 5.74) is 6.06. The predicted molar refractivity (Wildman–Crippen MR) is 39.7 cm³/mol. The molecular formula is C8H15NO. The van der Waals surface area contributed by atoms with Gasteiger partial charge in [-0.05, 0) is 32.1 Å². The average molecular weight is 141 g/mol. The molecule has 0 aromatic rings. The van der Waals surface area contributed by atoms with Gasteiger partial charge in [0.05, 0.1) is 6.10 Å². The van der Waals surface area contributed by atoms with Gasteiger partial charge in [-0.1, -0.05) is 0 Å². The van der Waals surface area contributed by atoms with Crippen LogP contribution in [0.1, 0.15) is 32.1 Å². The molecule has 2 aliphatic carbocycles. The lowest BCUT2D eigenvalue weighted by Crippen LogP contribution is -2.23. The van der Waals surface area contributed by atoms with E-state index >= 15 is 0 Å². The normalized spacial score (nSPS) is 28.5. The van der Waals surface area contributed by atoms with E-state index in [1.165, 1.54) is 25.7 Å². The lowest BCUT2D eigenvalue weighted by atomic mass is 10.2. The van der Waals surface area contributed by atoms with E-state index in [0.717, 1.165) is 13.0 Å². The largest absolute Gasteiger partial charge is 0.378 e. The number of rotatable bonds is 4. The monoisotopic (exact) mass is 141 g/mol. The molecule has 0 spiro atoms. The van der Waals surface area contributed by atoms with Crippen LogP contribution in [0, 0.1) is 0 Å². The van der Waals surface area contributed by atoms with E-state index in [9.17, 15) is 0 Å². The fraction of sp³-hybridized carbons (Fsp3) is 1.00. The molecule has 0 heterocycles. The second kappa shape index (κ2) is 2.21. The van der Waals surface area contributed by atoms with Crippen molar-refractivity contribution in [3.8, 4) is 0 Å². The van der Waals surface area contributed by atoms with Gasteiger partial charge in [0, 0.05) is 12.1 Å². The van der Waals surface area contributed by atoms with Crippen molar-refractivity contribution in [1.29, 1.82) is 0 Å². The Kier molecular flexibility index (Phi) is 1.46. The average Bonchev–Trinajstić information content (AvgIpc) is 2.70. The van der Waals surface area contributed by atoms with E-state index in [1.54, 1.807) is 0 Å². The van der Waals surface area contributed by atoms with Gasteiger partial charge in [-0.15, -0.1) is 0 Å². The molecule has 2 rings (SSSR count). The topological polar surface area (TPSA) is 35.2 Å². The Morgan fingerprint density at radius 3 is 2.60 bits per heavy atom. The molecule has 2 nitrogen and oxygen atoms in total. The van der Waals surface area contributed by atoms with E-state index in [2.05, 4.69) is 0 Å². The molecule has 0 atom stereocenters. The van der Waals surface area contributed by atoms with Gasteiger partial charge >= 0.3 is 0 Å². The van der Waals surface area contributed by atoms with Gasteiger partial charge < -0.3 is 10.5 Å². The second-order valence-corrected chi connectivity index (χ2v) is 3.68. The quantitative estimate of drug-likeness (QED) is 0.635. The van der Waals surface area contributed by atoms with Gasteiger partial charge in [-0.25, -0.2) is 0 Å². The van der Waals surface area contributed by atoms with E-state index in [4.69, 9.17) is 10.5 Å². The summed E-state index contributed by atoms with van der Waals surface area (Å²) >= 11 is 0. The molecule has 2 heteroatoms. The van der Waals surface area contributed by atoms with Crippen molar-refractivity contribution >= 4 is 0 Å². The van der Waals surface area contributed by atoms with E-state index in [-0.39, 0.29) is 5.54 Å². The summed E-state index contributed by atoms with van der Waals surface area (Å²) in [7, 11) is 0. The molecule has 0 aliphatic heterocycles.